The monoisotopic (exact) mass is 496 g/mol. The first-order valence-electron chi connectivity index (χ1n) is 11.6. The number of hydrogen-bond donors (Lipinski definition) is 0. The smallest absolute Gasteiger partial charge is 0.338 e. The zero-order valence-electron chi connectivity index (χ0n) is 19.8. The van der Waals surface area contributed by atoms with Crippen LogP contribution in [0.25, 0.3) is 0 Å². The molecular formula is C30H24O7. The van der Waals surface area contributed by atoms with E-state index in [1.54, 1.807) is 84.9 Å². The first-order chi connectivity index (χ1) is 18.1. The molecule has 7 heteroatoms. The van der Waals surface area contributed by atoms with E-state index in [4.69, 9.17) is 18.9 Å². The Morgan fingerprint density at radius 2 is 0.892 bits per heavy atom. The number of rotatable bonds is 10. The number of ether oxygens (including phenoxy) is 4. The minimum absolute atomic E-state index is 0.287. The molecule has 0 amide bonds. The van der Waals surface area contributed by atoms with Crippen LogP contribution in [0.15, 0.2) is 115 Å². The molecule has 0 aliphatic heterocycles. The van der Waals surface area contributed by atoms with Crippen molar-refractivity contribution in [1.82, 2.24) is 0 Å². The fraction of sp³-hybridized carbons (Fsp3) is 0.100. The summed E-state index contributed by atoms with van der Waals surface area (Å²) < 4.78 is 21.9. The Kier molecular flexibility index (Phi) is 8.64. The normalized spacial score (nSPS) is 11.1. The average Bonchev–Trinajstić information content (AvgIpc) is 2.96. The third kappa shape index (κ3) is 7.53. The van der Waals surface area contributed by atoms with E-state index in [0.29, 0.717) is 22.6 Å². The third-order valence-corrected chi connectivity index (χ3v) is 5.16. The zero-order chi connectivity index (χ0) is 25.9. The standard InChI is InChI=1S/C30H24O7/c31-28(22-10-4-1-5-11-22)34-20-27(37-30(33)23-12-6-2-7-13-23)21-35-29(32)24-16-18-26(19-17-24)36-25-14-8-3-9-15-25/h1-19,27H,20-21H2. The van der Waals surface area contributed by atoms with Crippen molar-refractivity contribution in [3.8, 4) is 11.5 Å². The summed E-state index contributed by atoms with van der Waals surface area (Å²) in [5.41, 5.74) is 0.961. The van der Waals surface area contributed by atoms with Crippen LogP contribution in [0.1, 0.15) is 31.1 Å². The van der Waals surface area contributed by atoms with E-state index < -0.39 is 24.0 Å². The van der Waals surface area contributed by atoms with Crippen LogP contribution in [0.3, 0.4) is 0 Å². The van der Waals surface area contributed by atoms with Gasteiger partial charge in [-0.2, -0.15) is 0 Å². The lowest BCUT2D eigenvalue weighted by atomic mass is 10.2. The molecule has 0 N–H and O–H groups in total. The van der Waals surface area contributed by atoms with E-state index >= 15 is 0 Å². The Bertz CT molecular complexity index is 1300. The molecular weight excluding hydrogens is 472 g/mol. The zero-order valence-corrected chi connectivity index (χ0v) is 19.8. The lowest BCUT2D eigenvalue weighted by molar-refractivity contribution is -0.0253. The number of carbonyl (C=O) groups is 3. The quantitative estimate of drug-likeness (QED) is 0.205. The third-order valence-electron chi connectivity index (χ3n) is 5.16. The molecule has 1 atom stereocenters. The SMILES string of the molecule is O=C(OCC(COC(=O)c1ccc(Oc2ccccc2)cc1)OC(=O)c1ccccc1)c1ccccc1. The van der Waals surface area contributed by atoms with Gasteiger partial charge in [-0.05, 0) is 60.7 Å². The van der Waals surface area contributed by atoms with Crippen LogP contribution in [0.4, 0.5) is 0 Å². The van der Waals surface area contributed by atoms with Crippen LogP contribution < -0.4 is 4.74 Å². The highest BCUT2D eigenvalue weighted by molar-refractivity contribution is 5.91. The van der Waals surface area contributed by atoms with Gasteiger partial charge in [0.1, 0.15) is 24.7 Å². The van der Waals surface area contributed by atoms with Crippen molar-refractivity contribution < 1.29 is 33.3 Å². The Balaban J connectivity index is 1.37. The molecule has 0 aliphatic carbocycles. The topological polar surface area (TPSA) is 88.1 Å². The van der Waals surface area contributed by atoms with Gasteiger partial charge in [0.05, 0.1) is 16.7 Å². The summed E-state index contributed by atoms with van der Waals surface area (Å²) in [4.78, 5) is 37.5. The van der Waals surface area contributed by atoms with E-state index in [9.17, 15) is 14.4 Å². The van der Waals surface area contributed by atoms with Gasteiger partial charge in [-0.25, -0.2) is 14.4 Å². The van der Waals surface area contributed by atoms with E-state index in [-0.39, 0.29) is 18.8 Å². The molecule has 0 aliphatic rings. The molecule has 0 bridgehead atoms. The van der Waals surface area contributed by atoms with Crippen LogP contribution in [0, 0.1) is 0 Å². The van der Waals surface area contributed by atoms with Gasteiger partial charge in [-0.15, -0.1) is 0 Å². The number of benzene rings is 4. The molecule has 7 nitrogen and oxygen atoms in total. The lowest BCUT2D eigenvalue weighted by Crippen LogP contribution is -2.31. The van der Waals surface area contributed by atoms with Gasteiger partial charge in [0, 0.05) is 0 Å². The molecule has 1 unspecified atom stereocenters. The second-order valence-corrected chi connectivity index (χ2v) is 7.90. The molecule has 4 aromatic rings. The molecule has 0 saturated heterocycles. The van der Waals surface area contributed by atoms with Gasteiger partial charge in [0.25, 0.3) is 0 Å². The molecule has 0 radical (unpaired) electrons. The van der Waals surface area contributed by atoms with Crippen LogP contribution in [0.2, 0.25) is 0 Å². The summed E-state index contributed by atoms with van der Waals surface area (Å²) >= 11 is 0. The maximum absolute atomic E-state index is 12.6. The Hall–Kier alpha value is -4.91. The van der Waals surface area contributed by atoms with E-state index in [1.807, 2.05) is 30.3 Å². The minimum atomic E-state index is -1.01. The molecule has 4 aromatic carbocycles. The molecule has 0 heterocycles. The summed E-state index contributed by atoms with van der Waals surface area (Å²) in [6.45, 7) is -0.592. The van der Waals surface area contributed by atoms with E-state index in [2.05, 4.69) is 0 Å². The summed E-state index contributed by atoms with van der Waals surface area (Å²) in [6.07, 6.45) is -1.01. The van der Waals surface area contributed by atoms with Gasteiger partial charge in [0.2, 0.25) is 0 Å². The predicted molar refractivity (Wildman–Crippen MR) is 136 cm³/mol. The van der Waals surface area contributed by atoms with Crippen molar-refractivity contribution in [2.75, 3.05) is 13.2 Å². The van der Waals surface area contributed by atoms with Gasteiger partial charge >= 0.3 is 17.9 Å². The molecule has 0 saturated carbocycles. The van der Waals surface area contributed by atoms with Crippen molar-refractivity contribution in [2.24, 2.45) is 0 Å². The number of para-hydroxylation sites is 1. The summed E-state index contributed by atoms with van der Waals surface area (Å²) in [5.74, 6) is -0.598. The largest absolute Gasteiger partial charge is 0.458 e. The van der Waals surface area contributed by atoms with E-state index in [0.717, 1.165) is 0 Å². The molecule has 0 aromatic heterocycles. The Morgan fingerprint density at radius 3 is 1.41 bits per heavy atom. The number of hydrogen-bond acceptors (Lipinski definition) is 7. The molecule has 186 valence electrons. The van der Waals surface area contributed by atoms with Gasteiger partial charge < -0.3 is 18.9 Å². The van der Waals surface area contributed by atoms with Crippen LogP contribution in [0.5, 0.6) is 11.5 Å². The maximum Gasteiger partial charge on any atom is 0.338 e. The maximum atomic E-state index is 12.6. The highest BCUT2D eigenvalue weighted by Gasteiger charge is 2.21. The predicted octanol–water partition coefficient (Wildman–Crippen LogP) is 5.72. The summed E-state index contributed by atoms with van der Waals surface area (Å²) in [6, 6.07) is 32.5. The van der Waals surface area contributed by atoms with Gasteiger partial charge in [-0.1, -0.05) is 54.6 Å². The fourth-order valence-corrected chi connectivity index (χ4v) is 3.27. The summed E-state index contributed by atoms with van der Waals surface area (Å²) in [7, 11) is 0. The lowest BCUT2D eigenvalue weighted by Gasteiger charge is -2.18. The van der Waals surface area contributed by atoms with Crippen LogP contribution >= 0.6 is 0 Å². The van der Waals surface area contributed by atoms with Gasteiger partial charge in [0.15, 0.2) is 6.10 Å². The van der Waals surface area contributed by atoms with E-state index in [1.165, 1.54) is 0 Å². The van der Waals surface area contributed by atoms with Crippen molar-refractivity contribution >= 4 is 17.9 Å². The minimum Gasteiger partial charge on any atom is -0.458 e. The summed E-state index contributed by atoms with van der Waals surface area (Å²) in [5, 5.41) is 0. The number of carbonyl (C=O) groups excluding carboxylic acids is 3. The Labute approximate surface area is 214 Å². The Morgan fingerprint density at radius 1 is 0.486 bits per heavy atom. The second kappa shape index (κ2) is 12.7. The van der Waals surface area contributed by atoms with Crippen LogP contribution in [-0.4, -0.2) is 37.2 Å². The van der Waals surface area contributed by atoms with Crippen molar-refractivity contribution in [1.29, 1.82) is 0 Å². The van der Waals surface area contributed by atoms with Crippen molar-refractivity contribution in [3.63, 3.8) is 0 Å². The second-order valence-electron chi connectivity index (χ2n) is 7.90. The first-order valence-corrected chi connectivity index (χ1v) is 11.6. The highest BCUT2D eigenvalue weighted by Crippen LogP contribution is 2.21. The molecule has 37 heavy (non-hydrogen) atoms. The fourth-order valence-electron chi connectivity index (χ4n) is 3.27. The first kappa shape index (κ1) is 25.2. The highest BCUT2D eigenvalue weighted by atomic mass is 16.6. The van der Waals surface area contributed by atoms with Gasteiger partial charge in [-0.3, -0.25) is 0 Å². The molecule has 0 spiro atoms. The number of esters is 3. The molecule has 4 rings (SSSR count). The van der Waals surface area contributed by atoms with Crippen LogP contribution in [-0.2, 0) is 14.2 Å². The van der Waals surface area contributed by atoms with Crippen molar-refractivity contribution in [2.45, 2.75) is 6.10 Å². The average molecular weight is 497 g/mol. The molecule has 0 fully saturated rings. The van der Waals surface area contributed by atoms with Crippen molar-refractivity contribution in [3.05, 3.63) is 132 Å².